The third-order valence-electron chi connectivity index (χ3n) is 22.5. The molecule has 3 spiro atoms. The summed E-state index contributed by atoms with van der Waals surface area (Å²) in [4.78, 5) is 9.02. The fraction of sp³-hybridized carbons (Fsp3) is 0.708. The van der Waals surface area contributed by atoms with Crippen LogP contribution in [-0.2, 0) is 25.9 Å². The summed E-state index contributed by atoms with van der Waals surface area (Å²) in [6, 6.07) is 10.6. The van der Waals surface area contributed by atoms with Gasteiger partial charge in [-0.25, -0.2) is 4.99 Å². The maximum Gasteiger partial charge on any atom is 0.189 e. The minimum absolute atomic E-state index is 0.00213. The number of ether oxygens (including phenoxy) is 1. The maximum atomic E-state index is 11.8. The molecular weight excluding hydrogens is 1020 g/mol. The molecule has 2 aromatic heterocycles. The zero-order valence-electron chi connectivity index (χ0n) is 47.4. The molecule has 7 bridgehead atoms. The summed E-state index contributed by atoms with van der Waals surface area (Å²) in [5.74, 6) is 9.15. The summed E-state index contributed by atoms with van der Waals surface area (Å²) < 4.78 is 12.9. The number of phenolic OH excluding ortho intramolecular Hbond substituents is 1. The van der Waals surface area contributed by atoms with Crippen LogP contribution in [0.4, 0.5) is 0 Å². The summed E-state index contributed by atoms with van der Waals surface area (Å²) in [6.45, 7) is 5.55. The highest BCUT2D eigenvalue weighted by molar-refractivity contribution is 8.76. The van der Waals surface area contributed by atoms with Gasteiger partial charge in [-0.05, 0) is 183 Å². The Balaban J connectivity index is 0.679. The van der Waals surface area contributed by atoms with E-state index in [1.165, 1.54) is 114 Å². The van der Waals surface area contributed by atoms with Crippen molar-refractivity contribution in [3.8, 4) is 11.5 Å². The highest BCUT2D eigenvalue weighted by Gasteiger charge is 2.64. The molecule has 11 aliphatic rings. The Morgan fingerprint density at radius 3 is 2.54 bits per heavy atom. The predicted molar refractivity (Wildman–Crippen MR) is 319 cm³/mol. The van der Waals surface area contributed by atoms with Crippen LogP contribution >= 0.6 is 21.6 Å². The first-order valence-corrected chi connectivity index (χ1v) is 33.8. The van der Waals surface area contributed by atoms with Crippen molar-refractivity contribution in [2.24, 2.45) is 74.1 Å². The number of nitrogens with one attached hydrogen (secondary N) is 3. The van der Waals surface area contributed by atoms with Crippen LogP contribution < -0.4 is 26.8 Å². The second-order valence-corrected chi connectivity index (χ2v) is 29.4. The number of phenols is 1. The van der Waals surface area contributed by atoms with Crippen LogP contribution in [-0.4, -0.2) is 86.8 Å². The average Bonchev–Trinajstić information content (AvgIpc) is 3.50. The second-order valence-electron chi connectivity index (χ2n) is 26.8. The fourth-order valence-electron chi connectivity index (χ4n) is 18.6. The van der Waals surface area contributed by atoms with E-state index >= 15 is 0 Å². The van der Waals surface area contributed by atoms with E-state index in [-0.39, 0.29) is 53.2 Å². The lowest BCUT2D eigenvalue weighted by atomic mass is 9.50. The number of furan rings is 1. The van der Waals surface area contributed by atoms with Gasteiger partial charge in [-0.3, -0.25) is 0 Å². The molecule has 15 atom stereocenters. The quantitative estimate of drug-likeness (QED) is 0.0268. The topological polar surface area (TPSA) is 208 Å². The monoisotopic (exact) mass is 1120 g/mol. The lowest BCUT2D eigenvalue weighted by Gasteiger charge is -2.56. The minimum Gasteiger partial charge on any atom is -0.504 e. The van der Waals surface area contributed by atoms with Gasteiger partial charge in [0.1, 0.15) is 24.2 Å². The number of aliphatic hydroxyl groups excluding tert-OH is 3. The molecule has 1 aromatic carbocycles. The van der Waals surface area contributed by atoms with Crippen LogP contribution in [0.3, 0.4) is 0 Å². The Morgan fingerprint density at radius 2 is 1.72 bits per heavy atom. The highest BCUT2D eigenvalue weighted by atomic mass is 33.1. The first-order chi connectivity index (χ1) is 38.4. The second kappa shape index (κ2) is 23.7. The van der Waals surface area contributed by atoms with Gasteiger partial charge in [0.25, 0.3) is 0 Å². The predicted octanol–water partition coefficient (Wildman–Crippen LogP) is 11.3. The van der Waals surface area contributed by atoms with E-state index < -0.39 is 12.2 Å². The van der Waals surface area contributed by atoms with Crippen molar-refractivity contribution in [1.82, 2.24) is 15.6 Å². The number of fused-ring (bicyclic) bond motifs is 5. The third kappa shape index (κ3) is 10.9. The van der Waals surface area contributed by atoms with Crippen molar-refractivity contribution in [3.05, 3.63) is 94.2 Å². The number of rotatable bonds is 17. The molecular formula is C65H94N6O6S2. The van der Waals surface area contributed by atoms with Gasteiger partial charge < -0.3 is 56.7 Å². The highest BCUT2D eigenvalue weighted by Crippen LogP contribution is 2.72. The number of nitrogens with zero attached hydrogens (tertiary/aromatic N) is 1. The lowest BCUT2D eigenvalue weighted by Crippen LogP contribution is -2.55. The SMILES string of the molecule is CC(O)CNCC1c2cc(C(O)COc3cc(CCc4cc(CO)c(CCC5CCC67C=CC8CC6C(C5)CC(N)C7CSSCC(N=C(N)NC5CCCCC5)C8C)o4)ccc3O)[nH]c2C2C=CC13CCCC3C21CCCC1. The van der Waals surface area contributed by atoms with Gasteiger partial charge in [0.05, 0.1) is 18.8 Å². The minimum atomic E-state index is -0.914. The van der Waals surface area contributed by atoms with E-state index in [9.17, 15) is 20.4 Å². The van der Waals surface area contributed by atoms with Gasteiger partial charge in [0, 0.05) is 78.3 Å². The summed E-state index contributed by atoms with van der Waals surface area (Å²) in [6.07, 6.45) is 33.1. The van der Waals surface area contributed by atoms with E-state index in [0.29, 0.717) is 84.5 Å². The molecule has 14 rings (SSSR count). The molecule has 79 heavy (non-hydrogen) atoms. The van der Waals surface area contributed by atoms with Gasteiger partial charge in [0.15, 0.2) is 17.5 Å². The normalized spacial score (nSPS) is 35.6. The van der Waals surface area contributed by atoms with Crippen LogP contribution in [0.15, 0.2) is 64.0 Å². The van der Waals surface area contributed by atoms with Crippen molar-refractivity contribution in [2.45, 2.75) is 197 Å². The van der Waals surface area contributed by atoms with Gasteiger partial charge in [-0.15, -0.1) is 0 Å². The largest absolute Gasteiger partial charge is 0.504 e. The maximum absolute atomic E-state index is 11.8. The number of aliphatic imine (C=N–C) groups is 1. The van der Waals surface area contributed by atoms with Crippen LogP contribution in [0.1, 0.15) is 187 Å². The van der Waals surface area contributed by atoms with Crippen molar-refractivity contribution < 1.29 is 29.6 Å². The number of benzene rings is 1. The molecule has 2 aliphatic heterocycles. The van der Waals surface area contributed by atoms with Gasteiger partial charge >= 0.3 is 0 Å². The van der Waals surface area contributed by atoms with E-state index in [4.69, 9.17) is 25.6 Å². The number of aliphatic hydroxyl groups is 3. The average molecular weight is 1120 g/mol. The fourth-order valence-corrected chi connectivity index (χ4v) is 21.4. The number of aromatic nitrogens is 1. The van der Waals surface area contributed by atoms with E-state index in [1.807, 2.05) is 46.7 Å². The Labute approximate surface area is 478 Å². The molecule has 12 nitrogen and oxygen atoms in total. The first-order valence-electron chi connectivity index (χ1n) is 31.3. The number of aryl methyl sites for hydroxylation is 3. The van der Waals surface area contributed by atoms with Crippen LogP contribution in [0.5, 0.6) is 11.5 Å². The Bertz CT molecular complexity index is 2670. The third-order valence-corrected chi connectivity index (χ3v) is 25.0. The number of hydrogen-bond donors (Lipinski definition) is 9. The standard InChI is InChI=1S/C65H94N6O6S2/c1-39(73)33-68-34-51-48-32-54(70-61(48)49-20-26-65(51)23-8-11-60(65)64(49)21-6-7-22-64)57(75)36-76-59-28-41(13-16-56(59)74)12-15-47-29-45(35-72)58(77-47)17-14-42-18-24-63-25-19-43-30-50(63)44(27-42)31-53(66)52(63)37-78-79-38-55(40(43)2)71-62(67)69-46-9-4-3-5-10-46/h13,16,19-20,25-26,28-29,32,39-40,42-44,46,49-53,55,57,60,68,70,72-75H,3-12,14-15,17-18,21-24,27,30-31,33-38,66H2,1-2H3,(H3,67,69,71). The summed E-state index contributed by atoms with van der Waals surface area (Å²) in [5.41, 5.74) is 19.6. The summed E-state index contributed by atoms with van der Waals surface area (Å²) in [5, 5.41) is 50.9. The number of guanidine groups is 1. The van der Waals surface area contributed by atoms with Crippen molar-refractivity contribution >= 4 is 27.5 Å². The number of aromatic amines is 1. The molecule has 4 heterocycles. The number of nitrogens with two attached hydrogens (primary N) is 2. The van der Waals surface area contributed by atoms with E-state index in [2.05, 4.69) is 52.9 Å². The number of aromatic hydroxyl groups is 1. The molecule has 9 aliphatic carbocycles. The number of allylic oxidation sites excluding steroid dienone is 4. The molecule has 0 amide bonds. The summed E-state index contributed by atoms with van der Waals surface area (Å²) in [7, 11) is 4.00. The van der Waals surface area contributed by atoms with Crippen molar-refractivity contribution in [2.75, 3.05) is 31.2 Å². The number of hydrogen-bond acceptors (Lipinski definition) is 11. The molecule has 0 radical (unpaired) electrons. The zero-order valence-corrected chi connectivity index (χ0v) is 49.0. The smallest absolute Gasteiger partial charge is 0.189 e. The van der Waals surface area contributed by atoms with E-state index in [0.717, 1.165) is 65.7 Å². The molecule has 432 valence electrons. The Morgan fingerprint density at radius 1 is 0.899 bits per heavy atom. The van der Waals surface area contributed by atoms with Gasteiger partial charge in [0.2, 0.25) is 0 Å². The van der Waals surface area contributed by atoms with Crippen LogP contribution in [0, 0.1) is 57.7 Å². The molecule has 14 heteroatoms. The van der Waals surface area contributed by atoms with Crippen LogP contribution in [0.25, 0.3) is 0 Å². The Kier molecular flexibility index (Phi) is 16.8. The molecule has 5 saturated carbocycles. The van der Waals surface area contributed by atoms with Crippen molar-refractivity contribution in [1.29, 1.82) is 0 Å². The number of H-pyrrole nitrogens is 1. The van der Waals surface area contributed by atoms with Gasteiger partial charge in [-0.1, -0.05) is 97.4 Å². The first kappa shape index (κ1) is 56.1. The Hall–Kier alpha value is -3.37. The van der Waals surface area contributed by atoms with Crippen LogP contribution in [0.2, 0.25) is 0 Å². The molecule has 3 aromatic rings. The van der Waals surface area contributed by atoms with E-state index in [1.54, 1.807) is 6.07 Å². The zero-order chi connectivity index (χ0) is 54.5. The summed E-state index contributed by atoms with van der Waals surface area (Å²) >= 11 is 0. The van der Waals surface area contributed by atoms with Gasteiger partial charge in [-0.2, -0.15) is 0 Å². The van der Waals surface area contributed by atoms with Crippen molar-refractivity contribution in [3.63, 3.8) is 0 Å². The molecule has 11 N–H and O–H groups in total. The lowest BCUT2D eigenvalue weighted by molar-refractivity contribution is -0.00497. The molecule has 15 unspecified atom stereocenters. The molecule has 6 fully saturated rings. The molecule has 1 saturated heterocycles.